The minimum Gasteiger partial charge on any atom is -0.383 e. The van der Waals surface area contributed by atoms with Crippen LogP contribution in [0.2, 0.25) is 10.0 Å². The molecule has 3 rings (SSSR count). The number of nitrogens with zero attached hydrogens (tertiary/aromatic N) is 1. The molecule has 2 N–H and O–H groups in total. The van der Waals surface area contributed by atoms with Gasteiger partial charge in [-0.2, -0.15) is 0 Å². The average Bonchev–Trinajstić information content (AvgIpc) is 2.58. The van der Waals surface area contributed by atoms with Crippen molar-refractivity contribution in [2.45, 2.75) is 4.90 Å². The largest absolute Gasteiger partial charge is 0.383 e. The summed E-state index contributed by atoms with van der Waals surface area (Å²) in [6.45, 7) is 0. The Balaban J connectivity index is 2.22. The maximum absolute atomic E-state index is 11.6. The van der Waals surface area contributed by atoms with Gasteiger partial charge in [-0.3, -0.25) is 4.21 Å². The summed E-state index contributed by atoms with van der Waals surface area (Å²) < 4.78 is 11.6. The Bertz CT molecular complexity index is 927. The average molecular weight is 377 g/mol. The van der Waals surface area contributed by atoms with Crippen LogP contribution in [0.15, 0.2) is 59.6 Å². The number of rotatable bonds is 3. The highest BCUT2D eigenvalue weighted by Crippen LogP contribution is 2.41. The maximum Gasteiger partial charge on any atom is 0.131 e. The van der Waals surface area contributed by atoms with Crippen LogP contribution in [0.3, 0.4) is 0 Å². The summed E-state index contributed by atoms with van der Waals surface area (Å²) in [6.07, 6.45) is 3.30. The summed E-state index contributed by atoms with van der Waals surface area (Å²) in [7, 11) is -1.02. The van der Waals surface area contributed by atoms with Gasteiger partial charge < -0.3 is 5.73 Å². The van der Waals surface area contributed by atoms with E-state index in [0.29, 0.717) is 15.9 Å². The Kier molecular flexibility index (Phi) is 4.90. The fourth-order valence-electron chi connectivity index (χ4n) is 2.52. The fraction of sp³-hybridized carbons (Fsp3) is 0.0556. The molecule has 0 fully saturated rings. The first-order valence-corrected chi connectivity index (χ1v) is 9.43. The first kappa shape index (κ1) is 17.0. The molecule has 3 nitrogen and oxygen atoms in total. The number of pyridine rings is 1. The molecule has 1 aromatic heterocycles. The third-order valence-electron chi connectivity index (χ3n) is 3.70. The topological polar surface area (TPSA) is 56.0 Å². The quantitative estimate of drug-likeness (QED) is 0.696. The summed E-state index contributed by atoms with van der Waals surface area (Å²) in [6, 6.07) is 14.8. The van der Waals surface area contributed by atoms with Crippen LogP contribution in [-0.2, 0) is 10.8 Å². The molecule has 0 aliphatic heterocycles. The molecule has 0 spiro atoms. The molecule has 0 radical (unpaired) electrons. The summed E-state index contributed by atoms with van der Waals surface area (Å²) in [5, 5.41) is 0.895. The van der Waals surface area contributed by atoms with Gasteiger partial charge in [-0.1, -0.05) is 47.5 Å². The number of aromatic nitrogens is 1. The molecule has 0 saturated carbocycles. The number of hydrogen-bond donors (Lipinski definition) is 1. The minimum atomic E-state index is -1.02. The zero-order chi connectivity index (χ0) is 17.3. The molecule has 0 bridgehead atoms. The molecule has 1 atom stereocenters. The predicted octanol–water partition coefficient (Wildman–Crippen LogP) is 5.04. The maximum atomic E-state index is 11.6. The van der Waals surface area contributed by atoms with Crippen molar-refractivity contribution in [1.29, 1.82) is 0 Å². The fourth-order valence-corrected chi connectivity index (χ4v) is 3.44. The van der Waals surface area contributed by atoms with Crippen molar-refractivity contribution in [2.75, 3.05) is 12.0 Å². The van der Waals surface area contributed by atoms with Gasteiger partial charge in [-0.15, -0.1) is 0 Å². The molecule has 0 amide bonds. The van der Waals surface area contributed by atoms with Gasteiger partial charge in [0.05, 0.1) is 10.0 Å². The second-order valence-electron chi connectivity index (χ2n) is 5.20. The Morgan fingerprint density at radius 3 is 2.38 bits per heavy atom. The molecular weight excluding hydrogens is 363 g/mol. The van der Waals surface area contributed by atoms with Crippen LogP contribution < -0.4 is 5.73 Å². The Hall–Kier alpha value is -1.88. The monoisotopic (exact) mass is 376 g/mol. The van der Waals surface area contributed by atoms with Gasteiger partial charge in [-0.05, 0) is 35.4 Å². The van der Waals surface area contributed by atoms with Gasteiger partial charge in [0.1, 0.15) is 5.82 Å². The number of anilines is 1. The minimum absolute atomic E-state index is 0.375. The van der Waals surface area contributed by atoms with Crippen molar-refractivity contribution >= 4 is 39.8 Å². The Morgan fingerprint density at radius 2 is 1.71 bits per heavy atom. The second kappa shape index (κ2) is 6.93. The predicted molar refractivity (Wildman–Crippen MR) is 102 cm³/mol. The molecule has 6 heteroatoms. The standard InChI is InChI=1S/C18H14Cl2N2OS/c1-24(23)12-7-5-11(6-8-12)13-9-10-22-18(21)16(13)14-3-2-4-15(19)17(14)20/h2-10H,1H3,(H2,21,22). The summed E-state index contributed by atoms with van der Waals surface area (Å²) in [4.78, 5) is 4.95. The number of benzene rings is 2. The van der Waals surface area contributed by atoms with E-state index in [9.17, 15) is 4.21 Å². The first-order chi connectivity index (χ1) is 11.5. The molecule has 1 unspecified atom stereocenters. The van der Waals surface area contributed by atoms with Crippen LogP contribution in [0.5, 0.6) is 0 Å². The molecule has 2 aromatic carbocycles. The van der Waals surface area contributed by atoms with Crippen LogP contribution in [0, 0.1) is 0 Å². The van der Waals surface area contributed by atoms with Gasteiger partial charge in [-0.25, -0.2) is 4.98 Å². The molecule has 3 aromatic rings. The van der Waals surface area contributed by atoms with E-state index in [4.69, 9.17) is 28.9 Å². The van der Waals surface area contributed by atoms with Gasteiger partial charge in [0, 0.05) is 39.3 Å². The summed E-state index contributed by atoms with van der Waals surface area (Å²) >= 11 is 12.5. The molecule has 1 heterocycles. The van der Waals surface area contributed by atoms with E-state index in [0.717, 1.165) is 27.1 Å². The van der Waals surface area contributed by atoms with Crippen molar-refractivity contribution in [3.05, 3.63) is 64.8 Å². The van der Waals surface area contributed by atoms with Crippen molar-refractivity contribution in [3.63, 3.8) is 0 Å². The van der Waals surface area contributed by atoms with Crippen LogP contribution in [0.1, 0.15) is 0 Å². The molecule has 0 aliphatic rings. The van der Waals surface area contributed by atoms with E-state index in [-0.39, 0.29) is 0 Å². The van der Waals surface area contributed by atoms with Crippen molar-refractivity contribution < 1.29 is 4.21 Å². The lowest BCUT2D eigenvalue weighted by Crippen LogP contribution is -1.97. The summed E-state index contributed by atoms with van der Waals surface area (Å²) in [5.41, 5.74) is 9.41. The third kappa shape index (κ3) is 3.18. The van der Waals surface area contributed by atoms with E-state index < -0.39 is 10.8 Å². The third-order valence-corrected chi connectivity index (χ3v) is 5.45. The van der Waals surface area contributed by atoms with E-state index >= 15 is 0 Å². The molecule has 0 saturated heterocycles. The lowest BCUT2D eigenvalue weighted by molar-refractivity contribution is 0.687. The Labute approximate surface area is 152 Å². The number of halogens is 2. The van der Waals surface area contributed by atoms with Crippen LogP contribution in [0.25, 0.3) is 22.3 Å². The SMILES string of the molecule is CS(=O)c1ccc(-c2ccnc(N)c2-c2cccc(Cl)c2Cl)cc1. The first-order valence-electron chi connectivity index (χ1n) is 7.11. The number of nitrogens with two attached hydrogens (primary N) is 1. The van der Waals surface area contributed by atoms with E-state index in [1.54, 1.807) is 18.5 Å². The zero-order valence-corrected chi connectivity index (χ0v) is 15.1. The molecule has 0 aliphatic carbocycles. The Morgan fingerprint density at radius 1 is 1.00 bits per heavy atom. The second-order valence-corrected chi connectivity index (χ2v) is 7.36. The lowest BCUT2D eigenvalue weighted by atomic mass is 9.95. The van der Waals surface area contributed by atoms with Crippen molar-refractivity contribution in [3.8, 4) is 22.3 Å². The number of hydrogen-bond acceptors (Lipinski definition) is 3. The lowest BCUT2D eigenvalue weighted by Gasteiger charge is -2.14. The molecular formula is C18H14Cl2N2OS. The van der Waals surface area contributed by atoms with E-state index in [1.165, 1.54) is 0 Å². The highest BCUT2D eigenvalue weighted by molar-refractivity contribution is 7.84. The van der Waals surface area contributed by atoms with Gasteiger partial charge in [0.25, 0.3) is 0 Å². The molecule has 122 valence electrons. The smallest absolute Gasteiger partial charge is 0.131 e. The van der Waals surface area contributed by atoms with Gasteiger partial charge >= 0.3 is 0 Å². The summed E-state index contributed by atoms with van der Waals surface area (Å²) in [5.74, 6) is 0.375. The zero-order valence-electron chi connectivity index (χ0n) is 12.8. The van der Waals surface area contributed by atoms with Crippen LogP contribution in [0.4, 0.5) is 5.82 Å². The highest BCUT2D eigenvalue weighted by atomic mass is 35.5. The van der Waals surface area contributed by atoms with Crippen LogP contribution in [-0.4, -0.2) is 15.4 Å². The van der Waals surface area contributed by atoms with E-state index in [2.05, 4.69) is 4.98 Å². The van der Waals surface area contributed by atoms with Crippen LogP contribution >= 0.6 is 23.2 Å². The van der Waals surface area contributed by atoms with Crippen molar-refractivity contribution in [2.24, 2.45) is 0 Å². The molecule has 24 heavy (non-hydrogen) atoms. The van der Waals surface area contributed by atoms with Crippen molar-refractivity contribution in [1.82, 2.24) is 4.98 Å². The number of nitrogen functional groups attached to an aromatic ring is 1. The normalized spacial score (nSPS) is 12.1. The van der Waals surface area contributed by atoms with E-state index in [1.807, 2.05) is 42.5 Å². The highest BCUT2D eigenvalue weighted by Gasteiger charge is 2.16. The van der Waals surface area contributed by atoms with Gasteiger partial charge in [0.2, 0.25) is 0 Å². The van der Waals surface area contributed by atoms with Gasteiger partial charge in [0.15, 0.2) is 0 Å².